The molecule has 2 heteroatoms. The first-order chi connectivity index (χ1) is 11.8. The maximum Gasteiger partial charge on any atom is 0.305 e. The minimum atomic E-state index is -0.127. The van der Waals surface area contributed by atoms with Gasteiger partial charge in [-0.15, -0.1) is 0 Å². The van der Waals surface area contributed by atoms with Gasteiger partial charge in [0.1, 0.15) is 0 Å². The van der Waals surface area contributed by atoms with E-state index in [1.165, 1.54) is 20.0 Å². The van der Waals surface area contributed by atoms with E-state index in [1.54, 1.807) is 0 Å². The minimum Gasteiger partial charge on any atom is -0.469 e. The van der Waals surface area contributed by atoms with Crippen molar-refractivity contribution in [3.05, 3.63) is 60.8 Å². The number of ether oxygens (including phenoxy) is 1. The summed E-state index contributed by atoms with van der Waals surface area (Å²) in [6.07, 6.45) is 30.7. The molecule has 2 nitrogen and oxygen atoms in total. The molecule has 0 aliphatic heterocycles. The number of carbonyl (C=O) groups excluding carboxylic acids is 1. The molecule has 0 bridgehead atoms. The second-order valence-corrected chi connectivity index (χ2v) is 5.56. The van der Waals surface area contributed by atoms with Gasteiger partial charge in [-0.25, -0.2) is 0 Å². The van der Waals surface area contributed by atoms with Crippen LogP contribution in [0.25, 0.3) is 0 Å². The Labute approximate surface area is 148 Å². The van der Waals surface area contributed by atoms with Crippen LogP contribution >= 0.6 is 0 Å². The second-order valence-electron chi connectivity index (χ2n) is 5.56. The quantitative estimate of drug-likeness (QED) is 0.207. The molecule has 0 rings (SSSR count). The van der Waals surface area contributed by atoms with E-state index >= 15 is 0 Å². The number of allylic oxidation sites excluding steroid dienone is 10. The first-order valence-electron chi connectivity index (χ1n) is 9.13. The maximum atomic E-state index is 10.9. The van der Waals surface area contributed by atoms with Crippen molar-refractivity contribution in [3.8, 4) is 0 Å². The van der Waals surface area contributed by atoms with Crippen molar-refractivity contribution in [2.75, 3.05) is 7.11 Å². The first-order valence-corrected chi connectivity index (χ1v) is 9.13. The van der Waals surface area contributed by atoms with Gasteiger partial charge in [0.25, 0.3) is 0 Å². The van der Waals surface area contributed by atoms with Crippen molar-refractivity contribution in [2.24, 2.45) is 0 Å². The third-order valence-electron chi connectivity index (χ3n) is 3.36. The lowest BCUT2D eigenvalue weighted by Gasteiger charge is -1.95. The molecular formula is C22H34O2. The van der Waals surface area contributed by atoms with E-state index in [2.05, 4.69) is 72.4 Å². The van der Waals surface area contributed by atoms with Gasteiger partial charge in [-0.05, 0) is 44.9 Å². The van der Waals surface area contributed by atoms with Gasteiger partial charge in [0, 0.05) is 6.42 Å². The van der Waals surface area contributed by atoms with Crippen molar-refractivity contribution in [2.45, 2.75) is 64.7 Å². The molecule has 0 atom stereocenters. The molecule has 0 spiro atoms. The van der Waals surface area contributed by atoms with Crippen LogP contribution in [0, 0.1) is 0 Å². The number of hydrogen-bond acceptors (Lipinski definition) is 2. The highest BCUT2D eigenvalue weighted by Gasteiger charge is 1.96. The number of carbonyl (C=O) groups is 1. The van der Waals surface area contributed by atoms with Gasteiger partial charge in [-0.1, -0.05) is 74.1 Å². The van der Waals surface area contributed by atoms with Gasteiger partial charge in [0.2, 0.25) is 0 Å². The lowest BCUT2D eigenvalue weighted by Crippen LogP contribution is -1.98. The molecule has 0 saturated carbocycles. The van der Waals surface area contributed by atoms with Crippen molar-refractivity contribution < 1.29 is 9.53 Å². The fourth-order valence-electron chi connectivity index (χ4n) is 1.95. The Balaban J connectivity index is 3.48. The summed E-state index contributed by atoms with van der Waals surface area (Å²) in [5.74, 6) is -0.127. The highest BCUT2D eigenvalue weighted by molar-refractivity contribution is 5.69. The molecule has 0 unspecified atom stereocenters. The zero-order valence-electron chi connectivity index (χ0n) is 15.5. The summed E-state index contributed by atoms with van der Waals surface area (Å²) < 4.78 is 4.60. The molecule has 0 aliphatic rings. The zero-order valence-corrected chi connectivity index (χ0v) is 15.5. The molecule has 24 heavy (non-hydrogen) atoms. The molecular weight excluding hydrogens is 296 g/mol. The Kier molecular flexibility index (Phi) is 17.8. The lowest BCUT2D eigenvalue weighted by atomic mass is 10.2. The molecule has 0 radical (unpaired) electrons. The first kappa shape index (κ1) is 22.2. The Bertz CT molecular complexity index is 425. The van der Waals surface area contributed by atoms with Gasteiger partial charge >= 0.3 is 5.97 Å². The SMILES string of the molecule is CCC/C=C/C/C=C/C/C=C/C/C=C/C/C=C/CCCC(=O)OC. The Morgan fingerprint density at radius 1 is 0.708 bits per heavy atom. The monoisotopic (exact) mass is 330 g/mol. The van der Waals surface area contributed by atoms with E-state index in [0.29, 0.717) is 6.42 Å². The summed E-state index contributed by atoms with van der Waals surface area (Å²) >= 11 is 0. The third kappa shape index (κ3) is 18.2. The van der Waals surface area contributed by atoms with Gasteiger partial charge < -0.3 is 4.74 Å². The van der Waals surface area contributed by atoms with Crippen LogP contribution in [0.3, 0.4) is 0 Å². The summed E-state index contributed by atoms with van der Waals surface area (Å²) in [5.41, 5.74) is 0. The summed E-state index contributed by atoms with van der Waals surface area (Å²) in [6.45, 7) is 2.20. The average molecular weight is 331 g/mol. The van der Waals surface area contributed by atoms with Crippen LogP contribution in [-0.4, -0.2) is 13.1 Å². The van der Waals surface area contributed by atoms with Crippen LogP contribution in [0.15, 0.2) is 60.8 Å². The number of unbranched alkanes of at least 4 members (excludes halogenated alkanes) is 2. The molecule has 0 N–H and O–H groups in total. The van der Waals surface area contributed by atoms with Crippen LogP contribution in [0.1, 0.15) is 64.7 Å². The lowest BCUT2D eigenvalue weighted by molar-refractivity contribution is -0.140. The van der Waals surface area contributed by atoms with E-state index in [9.17, 15) is 4.79 Å². The van der Waals surface area contributed by atoms with Crippen molar-refractivity contribution in [1.82, 2.24) is 0 Å². The Hall–Kier alpha value is -1.83. The predicted octanol–water partition coefficient (Wildman–Crippen LogP) is 6.47. The zero-order chi connectivity index (χ0) is 17.7. The van der Waals surface area contributed by atoms with E-state index in [4.69, 9.17) is 0 Å². The average Bonchev–Trinajstić information content (AvgIpc) is 2.60. The number of methoxy groups -OCH3 is 1. The highest BCUT2D eigenvalue weighted by Crippen LogP contribution is 2.00. The summed E-state index contributed by atoms with van der Waals surface area (Å²) in [6, 6.07) is 0. The van der Waals surface area contributed by atoms with Gasteiger partial charge in [-0.2, -0.15) is 0 Å². The second kappa shape index (κ2) is 19.2. The van der Waals surface area contributed by atoms with Gasteiger partial charge in [0.15, 0.2) is 0 Å². The van der Waals surface area contributed by atoms with Crippen molar-refractivity contribution >= 4 is 5.97 Å². The fourth-order valence-corrected chi connectivity index (χ4v) is 1.95. The summed E-state index contributed by atoms with van der Waals surface area (Å²) in [7, 11) is 1.43. The number of esters is 1. The molecule has 0 saturated heterocycles. The van der Waals surface area contributed by atoms with Crippen LogP contribution in [0.5, 0.6) is 0 Å². The van der Waals surface area contributed by atoms with E-state index < -0.39 is 0 Å². The minimum absolute atomic E-state index is 0.127. The molecule has 0 heterocycles. The highest BCUT2D eigenvalue weighted by atomic mass is 16.5. The molecule has 134 valence electrons. The molecule has 0 aromatic carbocycles. The Morgan fingerprint density at radius 3 is 1.54 bits per heavy atom. The smallest absolute Gasteiger partial charge is 0.305 e. The van der Waals surface area contributed by atoms with E-state index in [0.717, 1.165) is 38.5 Å². The molecule has 0 amide bonds. The molecule has 0 aliphatic carbocycles. The van der Waals surface area contributed by atoms with Crippen LogP contribution in [0.4, 0.5) is 0 Å². The fraction of sp³-hybridized carbons (Fsp3) is 0.500. The van der Waals surface area contributed by atoms with Crippen molar-refractivity contribution in [1.29, 1.82) is 0 Å². The molecule has 0 aromatic heterocycles. The Morgan fingerprint density at radius 2 is 1.12 bits per heavy atom. The summed E-state index contributed by atoms with van der Waals surface area (Å²) in [4.78, 5) is 10.9. The van der Waals surface area contributed by atoms with Crippen LogP contribution < -0.4 is 0 Å². The van der Waals surface area contributed by atoms with Crippen LogP contribution in [0.2, 0.25) is 0 Å². The predicted molar refractivity (Wildman–Crippen MR) is 105 cm³/mol. The number of rotatable bonds is 14. The molecule has 0 aromatic rings. The molecule has 0 fully saturated rings. The topological polar surface area (TPSA) is 26.3 Å². The van der Waals surface area contributed by atoms with Crippen molar-refractivity contribution in [3.63, 3.8) is 0 Å². The maximum absolute atomic E-state index is 10.9. The van der Waals surface area contributed by atoms with Crippen LogP contribution in [-0.2, 0) is 9.53 Å². The van der Waals surface area contributed by atoms with E-state index in [-0.39, 0.29) is 5.97 Å². The van der Waals surface area contributed by atoms with Gasteiger partial charge in [-0.3, -0.25) is 4.79 Å². The van der Waals surface area contributed by atoms with E-state index in [1.807, 2.05) is 0 Å². The third-order valence-corrected chi connectivity index (χ3v) is 3.36. The largest absolute Gasteiger partial charge is 0.469 e. The summed E-state index contributed by atoms with van der Waals surface area (Å²) in [5, 5.41) is 0. The standard InChI is InChI=1S/C22H34O2/c1-3-4-5-6-7-8-9-10-11-12-13-14-15-16-17-18-19-20-21-22(23)24-2/h5-6,8-9,11-12,14-15,17-18H,3-4,7,10,13,16,19-21H2,1-2H3/b6-5+,9-8+,12-11+,15-14+,18-17+. The van der Waals surface area contributed by atoms with Gasteiger partial charge in [0.05, 0.1) is 7.11 Å². The number of hydrogen-bond donors (Lipinski definition) is 0. The normalized spacial score (nSPS) is 12.6.